The van der Waals surface area contributed by atoms with Crippen molar-refractivity contribution >= 4 is 16.3 Å². The van der Waals surface area contributed by atoms with E-state index in [2.05, 4.69) is 15.3 Å². The van der Waals surface area contributed by atoms with Crippen molar-refractivity contribution in [3.8, 4) is 11.3 Å². The zero-order valence-electron chi connectivity index (χ0n) is 8.37. The summed E-state index contributed by atoms with van der Waals surface area (Å²) in [5.74, 6) is 0. The van der Waals surface area contributed by atoms with Gasteiger partial charge in [0.15, 0.2) is 4.96 Å². The van der Waals surface area contributed by atoms with Gasteiger partial charge in [0.05, 0.1) is 18.0 Å². The molecular formula is C11H9N3OS. The van der Waals surface area contributed by atoms with Gasteiger partial charge in [0.1, 0.15) is 0 Å². The van der Waals surface area contributed by atoms with Gasteiger partial charge in [-0.05, 0) is 12.1 Å². The first-order chi connectivity index (χ1) is 7.88. The van der Waals surface area contributed by atoms with Gasteiger partial charge in [-0.2, -0.15) is 0 Å². The molecule has 80 valence electrons. The minimum absolute atomic E-state index is 0.0236. The summed E-state index contributed by atoms with van der Waals surface area (Å²) in [6.07, 6.45) is 5.40. The van der Waals surface area contributed by atoms with E-state index in [0.29, 0.717) is 5.69 Å². The Morgan fingerprint density at radius 1 is 1.31 bits per heavy atom. The second-order valence-electron chi connectivity index (χ2n) is 3.40. The molecule has 0 aromatic carbocycles. The first-order valence-corrected chi connectivity index (χ1v) is 5.73. The highest BCUT2D eigenvalue weighted by Gasteiger charge is 2.08. The molecule has 0 bridgehead atoms. The number of rotatable bonds is 2. The Hall–Kier alpha value is -1.72. The molecule has 0 unspecified atom stereocenters. The van der Waals surface area contributed by atoms with Crippen LogP contribution in [0, 0.1) is 0 Å². The van der Waals surface area contributed by atoms with Crippen LogP contribution in [0.2, 0.25) is 0 Å². The highest BCUT2D eigenvalue weighted by Crippen LogP contribution is 2.25. The van der Waals surface area contributed by atoms with Crippen molar-refractivity contribution < 1.29 is 5.11 Å². The molecule has 0 fully saturated rings. The summed E-state index contributed by atoms with van der Waals surface area (Å²) in [5.41, 5.74) is 2.87. The third-order valence-corrected chi connectivity index (χ3v) is 3.24. The third-order valence-electron chi connectivity index (χ3n) is 2.40. The second-order valence-corrected chi connectivity index (χ2v) is 4.24. The van der Waals surface area contributed by atoms with E-state index in [9.17, 15) is 0 Å². The van der Waals surface area contributed by atoms with Crippen LogP contribution in [0.25, 0.3) is 16.2 Å². The van der Waals surface area contributed by atoms with Crippen LogP contribution in [0.5, 0.6) is 0 Å². The van der Waals surface area contributed by atoms with E-state index in [1.165, 1.54) is 0 Å². The van der Waals surface area contributed by atoms with Crippen LogP contribution in [0.15, 0.2) is 36.1 Å². The summed E-state index contributed by atoms with van der Waals surface area (Å²) >= 11 is 1.57. The van der Waals surface area contributed by atoms with Crippen LogP contribution in [0.3, 0.4) is 0 Å². The van der Waals surface area contributed by atoms with E-state index < -0.39 is 0 Å². The number of thiazole rings is 1. The number of aromatic nitrogens is 3. The second kappa shape index (κ2) is 3.70. The summed E-state index contributed by atoms with van der Waals surface area (Å²) in [7, 11) is 0. The van der Waals surface area contributed by atoms with Crippen LogP contribution in [0.1, 0.15) is 5.69 Å². The van der Waals surface area contributed by atoms with Crippen molar-refractivity contribution in [1.29, 1.82) is 0 Å². The smallest absolute Gasteiger partial charge is 0.194 e. The lowest BCUT2D eigenvalue weighted by Gasteiger charge is -1.97. The van der Waals surface area contributed by atoms with Gasteiger partial charge < -0.3 is 5.11 Å². The zero-order chi connectivity index (χ0) is 11.0. The SMILES string of the molecule is OCc1cn2c(-c3ccncc3)csc2n1. The zero-order valence-corrected chi connectivity index (χ0v) is 9.18. The molecule has 0 aliphatic rings. The highest BCUT2D eigenvalue weighted by molar-refractivity contribution is 7.15. The number of aliphatic hydroxyl groups is 1. The Morgan fingerprint density at radius 3 is 2.88 bits per heavy atom. The maximum atomic E-state index is 9.04. The lowest BCUT2D eigenvalue weighted by molar-refractivity contribution is 0.277. The first kappa shape index (κ1) is 9.50. The van der Waals surface area contributed by atoms with Crippen LogP contribution in [0.4, 0.5) is 0 Å². The predicted octanol–water partition coefficient (Wildman–Crippen LogP) is 1.95. The molecule has 3 aromatic heterocycles. The molecule has 3 aromatic rings. The first-order valence-electron chi connectivity index (χ1n) is 4.85. The molecule has 0 atom stereocenters. The number of hydrogen-bond acceptors (Lipinski definition) is 4. The highest BCUT2D eigenvalue weighted by atomic mass is 32.1. The van der Waals surface area contributed by atoms with E-state index >= 15 is 0 Å². The minimum atomic E-state index is -0.0236. The van der Waals surface area contributed by atoms with Crippen LogP contribution in [-0.2, 0) is 6.61 Å². The fourth-order valence-electron chi connectivity index (χ4n) is 1.64. The van der Waals surface area contributed by atoms with Gasteiger partial charge in [-0.15, -0.1) is 11.3 Å². The monoisotopic (exact) mass is 231 g/mol. The Balaban J connectivity index is 2.20. The van der Waals surface area contributed by atoms with E-state index in [0.717, 1.165) is 16.2 Å². The fraction of sp³-hybridized carbons (Fsp3) is 0.0909. The van der Waals surface area contributed by atoms with Gasteiger partial charge in [-0.1, -0.05) is 0 Å². The van der Waals surface area contributed by atoms with E-state index in [1.54, 1.807) is 23.7 Å². The standard InChI is InChI=1S/C11H9N3OS/c15-6-9-5-14-10(7-16-11(14)13-9)8-1-3-12-4-2-8/h1-5,7,15H,6H2. The maximum Gasteiger partial charge on any atom is 0.194 e. The largest absolute Gasteiger partial charge is 0.390 e. The van der Waals surface area contributed by atoms with Crippen molar-refractivity contribution in [3.63, 3.8) is 0 Å². The number of imidazole rings is 1. The number of pyridine rings is 1. The topological polar surface area (TPSA) is 50.4 Å². The molecule has 5 heteroatoms. The van der Waals surface area contributed by atoms with Crippen LogP contribution in [-0.4, -0.2) is 19.5 Å². The third kappa shape index (κ3) is 1.41. The Bertz CT molecular complexity index is 614. The molecule has 0 amide bonds. The Kier molecular flexibility index (Phi) is 2.19. The molecule has 3 rings (SSSR count). The van der Waals surface area contributed by atoms with Crippen LogP contribution < -0.4 is 0 Å². The lowest BCUT2D eigenvalue weighted by atomic mass is 10.2. The van der Waals surface area contributed by atoms with E-state index in [1.807, 2.05) is 22.7 Å². The number of aliphatic hydroxyl groups excluding tert-OH is 1. The van der Waals surface area contributed by atoms with E-state index in [4.69, 9.17) is 5.11 Å². The minimum Gasteiger partial charge on any atom is -0.390 e. The molecule has 0 aliphatic heterocycles. The molecule has 0 saturated heterocycles. The fourth-order valence-corrected chi connectivity index (χ4v) is 2.54. The van der Waals surface area contributed by atoms with Gasteiger partial charge in [0.2, 0.25) is 0 Å². The van der Waals surface area contributed by atoms with Crippen molar-refractivity contribution in [2.45, 2.75) is 6.61 Å². The van der Waals surface area contributed by atoms with Gasteiger partial charge in [0, 0.05) is 29.5 Å². The Labute approximate surface area is 95.8 Å². The van der Waals surface area contributed by atoms with Gasteiger partial charge in [0.25, 0.3) is 0 Å². The van der Waals surface area contributed by atoms with Crippen molar-refractivity contribution in [1.82, 2.24) is 14.4 Å². The normalized spacial score (nSPS) is 11.1. The molecule has 0 spiro atoms. The van der Waals surface area contributed by atoms with E-state index in [-0.39, 0.29) is 6.61 Å². The predicted molar refractivity (Wildman–Crippen MR) is 62.2 cm³/mol. The van der Waals surface area contributed by atoms with Crippen LogP contribution >= 0.6 is 11.3 Å². The number of nitrogens with zero attached hydrogens (tertiary/aromatic N) is 3. The summed E-state index contributed by atoms with van der Waals surface area (Å²) in [6, 6.07) is 3.92. The quantitative estimate of drug-likeness (QED) is 0.733. The molecular weight excluding hydrogens is 222 g/mol. The maximum absolute atomic E-state index is 9.04. The Morgan fingerprint density at radius 2 is 2.12 bits per heavy atom. The van der Waals surface area contributed by atoms with Gasteiger partial charge in [-0.3, -0.25) is 9.38 Å². The van der Waals surface area contributed by atoms with Crippen molar-refractivity contribution in [3.05, 3.63) is 41.8 Å². The summed E-state index contributed by atoms with van der Waals surface area (Å²) in [4.78, 5) is 9.19. The summed E-state index contributed by atoms with van der Waals surface area (Å²) < 4.78 is 1.99. The molecule has 0 radical (unpaired) electrons. The summed E-state index contributed by atoms with van der Waals surface area (Å²) in [6.45, 7) is -0.0236. The van der Waals surface area contributed by atoms with Crippen molar-refractivity contribution in [2.24, 2.45) is 0 Å². The lowest BCUT2D eigenvalue weighted by Crippen LogP contribution is -1.84. The van der Waals surface area contributed by atoms with Gasteiger partial charge >= 0.3 is 0 Å². The molecule has 16 heavy (non-hydrogen) atoms. The summed E-state index contributed by atoms with van der Waals surface area (Å²) in [5, 5.41) is 11.1. The molecule has 0 aliphatic carbocycles. The number of hydrogen-bond donors (Lipinski definition) is 1. The average Bonchev–Trinajstić information content (AvgIpc) is 2.88. The molecule has 1 N–H and O–H groups in total. The van der Waals surface area contributed by atoms with Gasteiger partial charge in [-0.25, -0.2) is 4.98 Å². The molecule has 0 saturated carbocycles. The number of fused-ring (bicyclic) bond motifs is 1. The molecule has 4 nitrogen and oxygen atoms in total. The molecule has 3 heterocycles. The van der Waals surface area contributed by atoms with Crippen molar-refractivity contribution in [2.75, 3.05) is 0 Å². The average molecular weight is 231 g/mol.